The molecule has 0 spiro atoms. The topological polar surface area (TPSA) is 77.8 Å². The fraction of sp³-hybridized carbons (Fsp3) is 0. The van der Waals surface area contributed by atoms with Gasteiger partial charge >= 0.3 is 0 Å². The van der Waals surface area contributed by atoms with Gasteiger partial charge in [-0.1, -0.05) is 78.9 Å². The minimum absolute atomic E-state index is 0.568. The summed E-state index contributed by atoms with van der Waals surface area (Å²) >= 11 is 0. The maximum Gasteiger partial charge on any atom is 0.164 e. The molecule has 0 unspecified atom stereocenters. The molecule has 0 fully saturated rings. The molecule has 0 aliphatic heterocycles. The van der Waals surface area contributed by atoms with Gasteiger partial charge in [0.1, 0.15) is 22.3 Å². The Morgan fingerprint density at radius 2 is 1.10 bits per heavy atom. The highest BCUT2D eigenvalue weighted by Crippen LogP contribution is 2.39. The van der Waals surface area contributed by atoms with Crippen LogP contribution in [0.2, 0.25) is 0 Å². The minimum atomic E-state index is 0.568. The zero-order chi connectivity index (χ0) is 27.6. The lowest BCUT2D eigenvalue weighted by molar-refractivity contribution is 0.669. The van der Waals surface area contributed by atoms with E-state index in [1.807, 2.05) is 109 Å². The van der Waals surface area contributed by atoms with Crippen molar-refractivity contribution in [1.29, 1.82) is 0 Å². The fourth-order valence-corrected chi connectivity index (χ4v) is 5.87. The minimum Gasteiger partial charge on any atom is -0.456 e. The van der Waals surface area contributed by atoms with Crippen LogP contribution in [-0.4, -0.2) is 19.9 Å². The molecule has 5 aromatic carbocycles. The van der Waals surface area contributed by atoms with Gasteiger partial charge in [0.25, 0.3) is 0 Å². The smallest absolute Gasteiger partial charge is 0.164 e. The van der Waals surface area contributed by atoms with Gasteiger partial charge in [0.15, 0.2) is 17.5 Å². The molecule has 0 bridgehead atoms. The first-order chi connectivity index (χ1) is 20.8. The Balaban J connectivity index is 1.36. The molecule has 4 heterocycles. The lowest BCUT2D eigenvalue weighted by Crippen LogP contribution is -2.00. The van der Waals surface area contributed by atoms with Gasteiger partial charge in [0, 0.05) is 49.8 Å². The summed E-state index contributed by atoms with van der Waals surface area (Å²) in [5.41, 5.74) is 6.75. The summed E-state index contributed by atoms with van der Waals surface area (Å²) in [7, 11) is 0. The molecular formula is C36H20N4O2. The van der Waals surface area contributed by atoms with E-state index < -0.39 is 0 Å². The van der Waals surface area contributed by atoms with Crippen LogP contribution in [0.5, 0.6) is 0 Å². The van der Waals surface area contributed by atoms with Crippen LogP contribution in [-0.2, 0) is 0 Å². The molecule has 0 N–H and O–H groups in total. The van der Waals surface area contributed by atoms with E-state index in [1.54, 1.807) is 0 Å². The largest absolute Gasteiger partial charge is 0.456 e. The van der Waals surface area contributed by atoms with Crippen molar-refractivity contribution in [3.05, 3.63) is 121 Å². The first kappa shape index (κ1) is 22.9. The van der Waals surface area contributed by atoms with Crippen molar-refractivity contribution in [2.45, 2.75) is 0 Å². The molecular weight excluding hydrogens is 520 g/mol. The van der Waals surface area contributed by atoms with Crippen molar-refractivity contribution in [2.75, 3.05) is 0 Å². The molecule has 0 amide bonds. The summed E-state index contributed by atoms with van der Waals surface area (Å²) in [5.74, 6) is 1.74. The van der Waals surface area contributed by atoms with Crippen molar-refractivity contribution in [2.24, 2.45) is 0 Å². The van der Waals surface area contributed by atoms with Gasteiger partial charge < -0.3 is 8.83 Å². The molecule has 0 aliphatic rings. The number of para-hydroxylation sites is 1. The van der Waals surface area contributed by atoms with E-state index in [-0.39, 0.29) is 0 Å². The van der Waals surface area contributed by atoms with Crippen LogP contribution >= 0.6 is 0 Å². The van der Waals surface area contributed by atoms with Crippen LogP contribution in [0.1, 0.15) is 0 Å². The molecule has 9 aromatic rings. The highest BCUT2D eigenvalue weighted by molar-refractivity contribution is 6.15. The zero-order valence-electron chi connectivity index (χ0n) is 22.2. The van der Waals surface area contributed by atoms with Gasteiger partial charge in [-0.15, -0.1) is 0 Å². The molecule has 0 aliphatic carbocycles. The van der Waals surface area contributed by atoms with E-state index in [9.17, 15) is 0 Å². The van der Waals surface area contributed by atoms with E-state index in [4.69, 9.17) is 23.8 Å². The highest BCUT2D eigenvalue weighted by Gasteiger charge is 2.20. The fourth-order valence-electron chi connectivity index (χ4n) is 5.87. The van der Waals surface area contributed by atoms with Gasteiger partial charge in [-0.3, -0.25) is 4.98 Å². The summed E-state index contributed by atoms with van der Waals surface area (Å²) in [6.07, 6.45) is 1.81. The third-order valence-corrected chi connectivity index (χ3v) is 7.77. The molecule has 0 saturated heterocycles. The number of hydrogen-bond acceptors (Lipinski definition) is 6. The Morgan fingerprint density at radius 3 is 1.88 bits per heavy atom. The molecule has 196 valence electrons. The third kappa shape index (κ3) is 3.45. The highest BCUT2D eigenvalue weighted by atomic mass is 16.3. The van der Waals surface area contributed by atoms with E-state index in [1.165, 1.54) is 0 Å². The molecule has 9 rings (SSSR count). The van der Waals surface area contributed by atoms with Crippen molar-refractivity contribution < 1.29 is 8.83 Å². The maximum atomic E-state index is 6.34. The number of hydrogen-bond donors (Lipinski definition) is 0. The van der Waals surface area contributed by atoms with E-state index in [0.717, 1.165) is 71.5 Å². The summed E-state index contributed by atoms with van der Waals surface area (Å²) in [5, 5.41) is 4.95. The van der Waals surface area contributed by atoms with Crippen molar-refractivity contribution in [3.63, 3.8) is 0 Å². The molecule has 0 radical (unpaired) electrons. The summed E-state index contributed by atoms with van der Waals surface area (Å²) in [6.45, 7) is 0. The van der Waals surface area contributed by atoms with Crippen LogP contribution in [0.4, 0.5) is 0 Å². The Bertz CT molecular complexity index is 2480. The number of rotatable bonds is 3. The Labute approximate surface area is 238 Å². The molecule has 0 atom stereocenters. The first-order valence-corrected chi connectivity index (χ1v) is 13.7. The molecule has 4 aromatic heterocycles. The number of nitrogens with zero attached hydrogens (tertiary/aromatic N) is 4. The monoisotopic (exact) mass is 540 g/mol. The van der Waals surface area contributed by atoms with Gasteiger partial charge in [-0.05, 0) is 36.4 Å². The van der Waals surface area contributed by atoms with Gasteiger partial charge in [0.05, 0.1) is 5.52 Å². The van der Waals surface area contributed by atoms with Crippen molar-refractivity contribution >= 4 is 54.8 Å². The van der Waals surface area contributed by atoms with Gasteiger partial charge in [0.2, 0.25) is 0 Å². The lowest BCUT2D eigenvalue weighted by atomic mass is 10.0. The van der Waals surface area contributed by atoms with Crippen LogP contribution in [0.3, 0.4) is 0 Å². The third-order valence-electron chi connectivity index (χ3n) is 7.77. The average molecular weight is 541 g/mol. The van der Waals surface area contributed by atoms with Crippen LogP contribution in [0, 0.1) is 0 Å². The van der Waals surface area contributed by atoms with E-state index >= 15 is 0 Å². The van der Waals surface area contributed by atoms with Gasteiger partial charge in [-0.2, -0.15) is 0 Å². The normalized spacial score (nSPS) is 11.8. The second kappa shape index (κ2) is 8.81. The standard InChI is InChI=1S/C36H20N4O2/c1-2-9-21(10-3-1)34-38-35(24-13-6-16-29-32(24)23-12-4-5-15-28(23)41-29)40-36(39-34)25-14-7-17-30-33(25)26-20-27-22(11-8-18-37-27)19-31(26)42-30/h1-20H. The Morgan fingerprint density at radius 1 is 0.452 bits per heavy atom. The quantitative estimate of drug-likeness (QED) is 0.222. The lowest BCUT2D eigenvalue weighted by Gasteiger charge is -2.10. The number of fused-ring (bicyclic) bond motifs is 7. The van der Waals surface area contributed by atoms with Crippen LogP contribution in [0.15, 0.2) is 130 Å². The van der Waals surface area contributed by atoms with Crippen molar-refractivity contribution in [1.82, 2.24) is 19.9 Å². The summed E-state index contributed by atoms with van der Waals surface area (Å²) in [4.78, 5) is 19.7. The summed E-state index contributed by atoms with van der Waals surface area (Å²) < 4.78 is 12.5. The zero-order valence-corrected chi connectivity index (χ0v) is 22.2. The SMILES string of the molecule is c1ccc(-c2nc(-c3cccc4oc5ccccc5c34)nc(-c3cccc4oc5cc6cccnc6cc5c34)n2)cc1. The Kier molecular flexibility index (Phi) is 4.80. The first-order valence-electron chi connectivity index (χ1n) is 13.7. The van der Waals surface area contributed by atoms with Crippen molar-refractivity contribution in [3.8, 4) is 34.2 Å². The number of pyridine rings is 1. The van der Waals surface area contributed by atoms with Crippen LogP contribution in [0.25, 0.3) is 88.9 Å². The van der Waals surface area contributed by atoms with E-state index in [2.05, 4.69) is 17.1 Å². The Hall–Kier alpha value is -5.88. The number of furan rings is 2. The summed E-state index contributed by atoms with van der Waals surface area (Å²) in [6, 6.07) is 38.2. The predicted octanol–water partition coefficient (Wildman–Crippen LogP) is 9.22. The molecule has 6 nitrogen and oxygen atoms in total. The molecule has 0 saturated carbocycles. The number of benzene rings is 5. The molecule has 6 heteroatoms. The van der Waals surface area contributed by atoms with E-state index in [0.29, 0.717) is 17.5 Å². The maximum absolute atomic E-state index is 6.34. The second-order valence-electron chi connectivity index (χ2n) is 10.3. The second-order valence-corrected chi connectivity index (χ2v) is 10.3. The molecule has 42 heavy (non-hydrogen) atoms. The predicted molar refractivity (Wildman–Crippen MR) is 166 cm³/mol. The number of aromatic nitrogens is 4. The van der Waals surface area contributed by atoms with Crippen LogP contribution < -0.4 is 0 Å². The van der Waals surface area contributed by atoms with Gasteiger partial charge in [-0.25, -0.2) is 15.0 Å². The average Bonchev–Trinajstić information content (AvgIpc) is 3.61.